The molecule has 0 aliphatic rings. The number of carboxylic acids is 2. The normalized spacial score (nSPS) is 9.43. The number of carboxylic acid groups (broad SMARTS) is 2. The molecule has 0 fully saturated rings. The molecule has 0 atom stereocenters. The van der Waals surface area contributed by atoms with Crippen molar-refractivity contribution in [1.29, 1.82) is 0 Å². The van der Waals surface area contributed by atoms with E-state index in [4.69, 9.17) is 10.2 Å². The first-order valence-electron chi connectivity index (χ1n) is 3.57. The molecule has 0 bridgehead atoms. The van der Waals surface area contributed by atoms with Crippen LogP contribution >= 0.6 is 0 Å². The topological polar surface area (TPSA) is 91.7 Å². The zero-order valence-electron chi connectivity index (χ0n) is 7.98. The maximum Gasteiger partial charge on any atom is 0.331 e. The molecule has 0 heterocycles. The van der Waals surface area contributed by atoms with Crippen molar-refractivity contribution in [1.82, 2.24) is 0 Å². The minimum absolute atomic E-state index is 0.0556. The number of allylic oxidation sites excluding steroid dienone is 1. The van der Waals surface area contributed by atoms with Gasteiger partial charge in [0.2, 0.25) is 0 Å². The van der Waals surface area contributed by atoms with Crippen LogP contribution in [0.1, 0.15) is 13.8 Å². The van der Waals surface area contributed by atoms with Crippen molar-refractivity contribution in [3.05, 3.63) is 23.8 Å². The van der Waals surface area contributed by atoms with Crippen molar-refractivity contribution in [2.24, 2.45) is 0 Å². The number of aliphatic carboxylic acids is 2. The second kappa shape index (κ2) is 7.72. The van der Waals surface area contributed by atoms with Crippen LogP contribution in [0.25, 0.3) is 0 Å². The predicted molar refractivity (Wildman–Crippen MR) is 49.9 cm³/mol. The molecule has 0 rings (SSSR count). The van der Waals surface area contributed by atoms with Gasteiger partial charge in [0.25, 0.3) is 0 Å². The molecule has 2 N–H and O–H groups in total. The van der Waals surface area contributed by atoms with Gasteiger partial charge in [0.15, 0.2) is 0 Å². The summed E-state index contributed by atoms with van der Waals surface area (Å²) in [6.07, 6.45) is 1.45. The Morgan fingerprint density at radius 3 is 1.57 bits per heavy atom. The molecule has 0 saturated carbocycles. The zero-order valence-corrected chi connectivity index (χ0v) is 7.98. The summed E-state index contributed by atoms with van der Waals surface area (Å²) in [6, 6.07) is 0. The van der Waals surface area contributed by atoms with Crippen molar-refractivity contribution >= 4 is 18.2 Å². The van der Waals surface area contributed by atoms with Crippen molar-refractivity contribution < 1.29 is 24.6 Å². The third-order valence-electron chi connectivity index (χ3n) is 1.02. The van der Waals surface area contributed by atoms with Crippen molar-refractivity contribution in [2.75, 3.05) is 0 Å². The lowest BCUT2D eigenvalue weighted by molar-refractivity contribution is -0.133. The quantitative estimate of drug-likeness (QED) is 0.520. The van der Waals surface area contributed by atoms with Crippen LogP contribution in [0.15, 0.2) is 23.8 Å². The lowest BCUT2D eigenvalue weighted by Crippen LogP contribution is -1.95. The Labute approximate surface area is 81.4 Å². The molecular weight excluding hydrogens is 188 g/mol. The Hall–Kier alpha value is -1.91. The van der Waals surface area contributed by atoms with Gasteiger partial charge < -0.3 is 10.2 Å². The number of carbonyl (C=O) groups is 3. The van der Waals surface area contributed by atoms with Gasteiger partial charge in [-0.25, -0.2) is 9.59 Å². The van der Waals surface area contributed by atoms with Crippen LogP contribution in [0.4, 0.5) is 0 Å². The second-order valence-electron chi connectivity index (χ2n) is 2.38. The fourth-order valence-electron chi connectivity index (χ4n) is 0.173. The lowest BCUT2D eigenvalue weighted by atomic mass is 10.3. The Bertz CT molecular complexity index is 263. The molecule has 0 aromatic rings. The molecule has 0 aromatic carbocycles. The van der Waals surface area contributed by atoms with E-state index in [0.29, 0.717) is 6.29 Å². The highest BCUT2D eigenvalue weighted by Crippen LogP contribution is 1.87. The fraction of sp³-hybridized carbons (Fsp3) is 0.222. The van der Waals surface area contributed by atoms with Crippen LogP contribution in [0, 0.1) is 0 Å². The number of rotatable bonds is 3. The summed E-state index contributed by atoms with van der Waals surface area (Å²) < 4.78 is 0. The largest absolute Gasteiger partial charge is 0.478 e. The minimum atomic E-state index is -1.06. The number of hydrogen-bond donors (Lipinski definition) is 2. The molecule has 14 heavy (non-hydrogen) atoms. The Kier molecular flexibility index (Phi) is 8.06. The van der Waals surface area contributed by atoms with Crippen molar-refractivity contribution in [3.8, 4) is 0 Å². The van der Waals surface area contributed by atoms with Crippen LogP contribution < -0.4 is 0 Å². The molecule has 5 heteroatoms. The number of hydrogen-bond acceptors (Lipinski definition) is 3. The van der Waals surface area contributed by atoms with Gasteiger partial charge in [-0.1, -0.05) is 6.58 Å². The van der Waals surface area contributed by atoms with Gasteiger partial charge >= 0.3 is 11.9 Å². The van der Waals surface area contributed by atoms with E-state index in [1.165, 1.54) is 13.8 Å². The molecule has 78 valence electrons. The maximum atomic E-state index is 9.86. The Morgan fingerprint density at radius 1 is 1.14 bits per heavy atom. The standard InChI is InChI=1S/C5H6O3.C4H6O2/c1-4(2-3-6)5(7)8;1-3(2)4(5)6/h2-3H,1H3,(H,7,8);1H2,2H3,(H,5,6). The van der Waals surface area contributed by atoms with Crippen LogP contribution in [0.2, 0.25) is 0 Å². The highest BCUT2D eigenvalue weighted by atomic mass is 16.4. The first kappa shape index (κ1) is 14.6. The molecule has 0 aromatic heterocycles. The van der Waals surface area contributed by atoms with E-state index in [0.717, 1.165) is 6.08 Å². The first-order chi connectivity index (χ1) is 6.32. The molecule has 5 nitrogen and oxygen atoms in total. The van der Waals surface area contributed by atoms with E-state index in [-0.39, 0.29) is 11.1 Å². The number of carbonyl (C=O) groups excluding carboxylic acids is 1. The van der Waals surface area contributed by atoms with Gasteiger partial charge in [-0.2, -0.15) is 0 Å². The van der Waals surface area contributed by atoms with Gasteiger partial charge in [-0.05, 0) is 19.9 Å². The van der Waals surface area contributed by atoms with Gasteiger partial charge in [-0.3, -0.25) is 4.79 Å². The summed E-state index contributed by atoms with van der Waals surface area (Å²) in [5.41, 5.74) is 0.231. The molecule has 0 aliphatic carbocycles. The monoisotopic (exact) mass is 200 g/mol. The smallest absolute Gasteiger partial charge is 0.331 e. The minimum Gasteiger partial charge on any atom is -0.478 e. The van der Waals surface area contributed by atoms with Crippen molar-refractivity contribution in [2.45, 2.75) is 13.8 Å². The zero-order chi connectivity index (χ0) is 11.7. The molecule has 0 saturated heterocycles. The average molecular weight is 200 g/mol. The first-order valence-corrected chi connectivity index (χ1v) is 3.57. The molecule has 0 spiro atoms. The highest BCUT2D eigenvalue weighted by Gasteiger charge is 1.95. The summed E-state index contributed by atoms with van der Waals surface area (Å²) in [5, 5.41) is 16.0. The predicted octanol–water partition coefficient (Wildman–Crippen LogP) is 0.863. The lowest BCUT2D eigenvalue weighted by Gasteiger charge is -1.83. The van der Waals surface area contributed by atoms with Crippen LogP contribution in [-0.2, 0) is 14.4 Å². The number of aldehydes is 1. The van der Waals surface area contributed by atoms with E-state index in [1.807, 2.05) is 0 Å². The maximum absolute atomic E-state index is 9.86. The van der Waals surface area contributed by atoms with Gasteiger partial charge in [0, 0.05) is 11.1 Å². The van der Waals surface area contributed by atoms with Gasteiger partial charge in [0.05, 0.1) is 0 Å². The Balaban J connectivity index is 0. The molecule has 0 unspecified atom stereocenters. The third kappa shape index (κ3) is 10.1. The molecule has 0 amide bonds. The van der Waals surface area contributed by atoms with E-state index in [9.17, 15) is 14.4 Å². The van der Waals surface area contributed by atoms with Crippen LogP contribution in [0.5, 0.6) is 0 Å². The highest BCUT2D eigenvalue weighted by molar-refractivity contribution is 5.90. The van der Waals surface area contributed by atoms with Crippen LogP contribution in [-0.4, -0.2) is 28.4 Å². The van der Waals surface area contributed by atoms with E-state index in [2.05, 4.69) is 6.58 Å². The summed E-state index contributed by atoms with van der Waals surface area (Å²) >= 11 is 0. The molecular formula is C9H12O5. The van der Waals surface area contributed by atoms with Crippen LogP contribution in [0.3, 0.4) is 0 Å². The van der Waals surface area contributed by atoms with Crippen molar-refractivity contribution in [3.63, 3.8) is 0 Å². The SMILES string of the molecule is C=C(C)C(=O)O.CC(=CC=O)C(=O)O. The summed E-state index contributed by atoms with van der Waals surface area (Å²) in [6.45, 7) is 5.96. The van der Waals surface area contributed by atoms with Gasteiger partial charge in [0.1, 0.15) is 6.29 Å². The third-order valence-corrected chi connectivity index (χ3v) is 1.02. The Morgan fingerprint density at radius 2 is 1.50 bits per heavy atom. The molecule has 0 aliphatic heterocycles. The summed E-state index contributed by atoms with van der Waals surface area (Å²) in [5.74, 6) is -1.99. The average Bonchev–Trinajstić information content (AvgIpc) is 2.05. The summed E-state index contributed by atoms with van der Waals surface area (Å²) in [7, 11) is 0. The second-order valence-corrected chi connectivity index (χ2v) is 2.38. The molecule has 0 radical (unpaired) electrons. The van der Waals surface area contributed by atoms with E-state index < -0.39 is 11.9 Å². The van der Waals surface area contributed by atoms with E-state index in [1.54, 1.807) is 0 Å². The fourth-order valence-corrected chi connectivity index (χ4v) is 0.173. The van der Waals surface area contributed by atoms with E-state index >= 15 is 0 Å². The summed E-state index contributed by atoms with van der Waals surface area (Å²) in [4.78, 5) is 29.0. The van der Waals surface area contributed by atoms with Gasteiger partial charge in [-0.15, -0.1) is 0 Å².